The molecule has 2 rings (SSSR count). The summed E-state index contributed by atoms with van der Waals surface area (Å²) in [6.07, 6.45) is 1.58. The maximum atomic E-state index is 12.4. The molecule has 0 aliphatic heterocycles. The Morgan fingerprint density at radius 3 is 2.65 bits per heavy atom. The van der Waals surface area contributed by atoms with Gasteiger partial charge in [-0.3, -0.25) is 4.79 Å². The number of carbonyl (C=O) groups excluding carboxylic acids is 1. The second-order valence-electron chi connectivity index (χ2n) is 4.73. The Balaban J connectivity index is 2.16. The number of amides is 1. The van der Waals surface area contributed by atoms with Crippen molar-refractivity contribution in [2.45, 2.75) is 13.5 Å². The molecule has 0 aliphatic carbocycles. The van der Waals surface area contributed by atoms with Crippen LogP contribution in [0.15, 0.2) is 41.0 Å². The fourth-order valence-corrected chi connectivity index (χ4v) is 2.20. The zero-order valence-electron chi connectivity index (χ0n) is 11.4. The van der Waals surface area contributed by atoms with Crippen molar-refractivity contribution in [1.29, 1.82) is 0 Å². The second kappa shape index (κ2) is 6.05. The number of hydrogen-bond acceptors (Lipinski definition) is 3. The van der Waals surface area contributed by atoms with E-state index in [-0.39, 0.29) is 11.7 Å². The zero-order valence-corrected chi connectivity index (χ0v) is 13.0. The Morgan fingerprint density at radius 2 is 2.00 bits per heavy atom. The molecule has 1 amide bonds. The molecule has 1 heterocycles. The van der Waals surface area contributed by atoms with Crippen molar-refractivity contribution >= 4 is 27.7 Å². The third kappa shape index (κ3) is 3.36. The van der Waals surface area contributed by atoms with E-state index in [0.717, 1.165) is 10.0 Å². The maximum absolute atomic E-state index is 12.4. The molecule has 104 valence electrons. The zero-order chi connectivity index (χ0) is 14.7. The molecule has 0 spiro atoms. The van der Waals surface area contributed by atoms with E-state index in [1.807, 2.05) is 31.2 Å². The molecular weight excluding hydrogens is 318 g/mol. The van der Waals surface area contributed by atoms with E-state index in [9.17, 15) is 4.79 Å². The van der Waals surface area contributed by atoms with Crippen LogP contribution >= 0.6 is 15.9 Å². The molecule has 2 N–H and O–H groups in total. The van der Waals surface area contributed by atoms with Crippen LogP contribution in [0, 0.1) is 6.92 Å². The van der Waals surface area contributed by atoms with Crippen LogP contribution in [0.3, 0.4) is 0 Å². The van der Waals surface area contributed by atoms with Gasteiger partial charge >= 0.3 is 0 Å². The smallest absolute Gasteiger partial charge is 0.257 e. The number of hydrogen-bond donors (Lipinski definition) is 1. The van der Waals surface area contributed by atoms with Crippen LogP contribution in [-0.2, 0) is 6.54 Å². The first-order valence-corrected chi connectivity index (χ1v) is 6.98. The molecule has 0 bridgehead atoms. The number of carbonyl (C=O) groups is 1. The van der Waals surface area contributed by atoms with Crippen molar-refractivity contribution in [3.63, 3.8) is 0 Å². The van der Waals surface area contributed by atoms with Crippen molar-refractivity contribution in [3.8, 4) is 0 Å². The van der Waals surface area contributed by atoms with Gasteiger partial charge in [-0.1, -0.05) is 29.8 Å². The molecular formula is C15H16BrN3O. The van der Waals surface area contributed by atoms with Crippen LogP contribution in [0.5, 0.6) is 0 Å². The number of benzene rings is 1. The molecule has 0 saturated carbocycles. The van der Waals surface area contributed by atoms with E-state index >= 15 is 0 Å². The van der Waals surface area contributed by atoms with Crippen LogP contribution in [0.25, 0.3) is 0 Å². The molecule has 0 fully saturated rings. The summed E-state index contributed by atoms with van der Waals surface area (Å²) in [7, 11) is 1.75. The number of aromatic nitrogens is 1. The second-order valence-corrected chi connectivity index (χ2v) is 5.65. The Hall–Kier alpha value is -1.88. The van der Waals surface area contributed by atoms with Crippen LogP contribution in [0.1, 0.15) is 21.5 Å². The minimum Gasteiger partial charge on any atom is -0.383 e. The first-order valence-electron chi connectivity index (χ1n) is 6.19. The predicted octanol–water partition coefficient (Wildman–Crippen LogP) is 3.01. The SMILES string of the molecule is Cc1ccc(CN(C)C(=O)c2cc(Br)cnc2N)cc1. The third-order valence-electron chi connectivity index (χ3n) is 3.00. The number of aryl methyl sites for hydroxylation is 1. The molecule has 1 aromatic carbocycles. The number of pyridine rings is 1. The van der Waals surface area contributed by atoms with E-state index in [1.54, 1.807) is 24.2 Å². The molecule has 20 heavy (non-hydrogen) atoms. The highest BCUT2D eigenvalue weighted by molar-refractivity contribution is 9.10. The Bertz CT molecular complexity index is 626. The number of anilines is 1. The standard InChI is InChI=1S/C15H16BrN3O/c1-10-3-5-11(6-4-10)9-19(2)15(20)13-7-12(16)8-18-14(13)17/h3-8H,9H2,1-2H3,(H2,17,18). The molecule has 4 nitrogen and oxygen atoms in total. The van der Waals surface area contributed by atoms with Gasteiger partial charge in [-0.25, -0.2) is 4.98 Å². The average Bonchev–Trinajstić information content (AvgIpc) is 2.43. The van der Waals surface area contributed by atoms with Crippen LogP contribution in [-0.4, -0.2) is 22.8 Å². The van der Waals surface area contributed by atoms with Crippen LogP contribution in [0.2, 0.25) is 0 Å². The highest BCUT2D eigenvalue weighted by Crippen LogP contribution is 2.18. The van der Waals surface area contributed by atoms with Gasteiger partial charge in [-0.15, -0.1) is 0 Å². The summed E-state index contributed by atoms with van der Waals surface area (Å²) in [5, 5.41) is 0. The summed E-state index contributed by atoms with van der Waals surface area (Å²) in [6, 6.07) is 9.78. The predicted molar refractivity (Wildman–Crippen MR) is 83.3 cm³/mol. The van der Waals surface area contributed by atoms with E-state index in [0.29, 0.717) is 12.1 Å². The van der Waals surface area contributed by atoms with Gasteiger partial charge in [0, 0.05) is 24.3 Å². The lowest BCUT2D eigenvalue weighted by molar-refractivity contribution is 0.0785. The topological polar surface area (TPSA) is 59.2 Å². The first-order chi connectivity index (χ1) is 9.47. The van der Waals surface area contributed by atoms with Gasteiger partial charge in [0.1, 0.15) is 5.82 Å². The number of nitrogens with two attached hydrogens (primary N) is 1. The highest BCUT2D eigenvalue weighted by Gasteiger charge is 2.16. The molecule has 0 unspecified atom stereocenters. The average molecular weight is 334 g/mol. The number of rotatable bonds is 3. The van der Waals surface area contributed by atoms with Crippen LogP contribution in [0.4, 0.5) is 5.82 Å². The number of halogens is 1. The van der Waals surface area contributed by atoms with E-state index < -0.39 is 0 Å². The molecule has 0 atom stereocenters. The van der Waals surface area contributed by atoms with Crippen molar-refractivity contribution in [2.24, 2.45) is 0 Å². The van der Waals surface area contributed by atoms with Crippen LogP contribution < -0.4 is 5.73 Å². The normalized spacial score (nSPS) is 10.3. The number of nitrogen functional groups attached to an aromatic ring is 1. The summed E-state index contributed by atoms with van der Waals surface area (Å²) in [5.74, 6) is 0.103. The number of nitrogens with zero attached hydrogens (tertiary/aromatic N) is 2. The minimum absolute atomic E-state index is 0.142. The van der Waals surface area contributed by atoms with Gasteiger partial charge in [0.15, 0.2) is 0 Å². The summed E-state index contributed by atoms with van der Waals surface area (Å²) in [5.41, 5.74) is 8.45. The fraction of sp³-hybridized carbons (Fsp3) is 0.200. The highest BCUT2D eigenvalue weighted by atomic mass is 79.9. The lowest BCUT2D eigenvalue weighted by Crippen LogP contribution is -2.27. The summed E-state index contributed by atoms with van der Waals surface area (Å²) in [6.45, 7) is 2.57. The summed E-state index contributed by atoms with van der Waals surface area (Å²) < 4.78 is 0.735. The largest absolute Gasteiger partial charge is 0.383 e. The lowest BCUT2D eigenvalue weighted by Gasteiger charge is -2.18. The van der Waals surface area contributed by atoms with Gasteiger partial charge in [0.05, 0.1) is 5.56 Å². The maximum Gasteiger partial charge on any atom is 0.257 e. The monoisotopic (exact) mass is 333 g/mol. The van der Waals surface area contributed by atoms with Gasteiger partial charge in [-0.05, 0) is 34.5 Å². The summed E-state index contributed by atoms with van der Waals surface area (Å²) >= 11 is 3.30. The van der Waals surface area contributed by atoms with Gasteiger partial charge in [0.25, 0.3) is 5.91 Å². The third-order valence-corrected chi connectivity index (χ3v) is 3.44. The molecule has 2 aromatic rings. The molecule has 0 aliphatic rings. The molecule has 0 radical (unpaired) electrons. The van der Waals surface area contributed by atoms with E-state index in [2.05, 4.69) is 20.9 Å². The van der Waals surface area contributed by atoms with Gasteiger partial charge in [0.2, 0.25) is 0 Å². The first kappa shape index (κ1) is 14.5. The van der Waals surface area contributed by atoms with Crippen molar-refractivity contribution in [3.05, 3.63) is 57.7 Å². The Kier molecular flexibility index (Phi) is 4.39. The quantitative estimate of drug-likeness (QED) is 0.939. The van der Waals surface area contributed by atoms with Gasteiger partial charge in [-0.2, -0.15) is 0 Å². The van der Waals surface area contributed by atoms with Crippen molar-refractivity contribution in [2.75, 3.05) is 12.8 Å². The molecule has 0 saturated heterocycles. The Labute approximate surface area is 126 Å². The van der Waals surface area contributed by atoms with Gasteiger partial charge < -0.3 is 10.6 Å². The van der Waals surface area contributed by atoms with Crippen molar-refractivity contribution < 1.29 is 4.79 Å². The van der Waals surface area contributed by atoms with E-state index in [1.165, 1.54) is 5.56 Å². The van der Waals surface area contributed by atoms with Crippen molar-refractivity contribution in [1.82, 2.24) is 9.88 Å². The lowest BCUT2D eigenvalue weighted by atomic mass is 10.1. The molecule has 5 heteroatoms. The van der Waals surface area contributed by atoms with E-state index in [4.69, 9.17) is 5.73 Å². The minimum atomic E-state index is -0.142. The molecule has 1 aromatic heterocycles. The summed E-state index contributed by atoms with van der Waals surface area (Å²) in [4.78, 5) is 18.0. The fourth-order valence-electron chi connectivity index (χ4n) is 1.87. The Morgan fingerprint density at radius 1 is 1.35 bits per heavy atom.